The van der Waals surface area contributed by atoms with Gasteiger partial charge < -0.3 is 5.11 Å². The number of phenols is 1. The van der Waals surface area contributed by atoms with Crippen molar-refractivity contribution in [1.29, 1.82) is 0 Å². The van der Waals surface area contributed by atoms with E-state index in [-0.39, 0.29) is 12.2 Å². The lowest BCUT2D eigenvalue weighted by Gasteiger charge is -2.16. The van der Waals surface area contributed by atoms with E-state index in [9.17, 15) is 18.3 Å². The van der Waals surface area contributed by atoms with Crippen LogP contribution >= 0.6 is 0 Å². The average molecular weight is 299 g/mol. The highest BCUT2D eigenvalue weighted by molar-refractivity contribution is 7.98. The Hall–Kier alpha value is -1.36. The van der Waals surface area contributed by atoms with E-state index in [1.54, 1.807) is 30.3 Å². The Morgan fingerprint density at radius 1 is 1.05 bits per heavy atom. The third kappa shape index (κ3) is 2.24. The van der Waals surface area contributed by atoms with Crippen molar-refractivity contribution in [3.63, 3.8) is 0 Å². The minimum atomic E-state index is -4.14. The zero-order valence-corrected chi connectivity index (χ0v) is 11.5. The first-order valence-corrected chi connectivity index (χ1v) is 7.91. The van der Waals surface area contributed by atoms with Crippen LogP contribution in [0.4, 0.5) is 13.2 Å². The van der Waals surface area contributed by atoms with Crippen LogP contribution in [0, 0.1) is 0 Å². The fourth-order valence-electron chi connectivity index (χ4n) is 2.78. The molecule has 1 aliphatic rings. The van der Waals surface area contributed by atoms with Gasteiger partial charge in [0.2, 0.25) is 5.25 Å². The van der Waals surface area contributed by atoms with Gasteiger partial charge in [-0.3, -0.25) is 0 Å². The molecule has 0 bridgehead atoms. The number of halogens is 3. The van der Waals surface area contributed by atoms with Gasteiger partial charge in [-0.25, -0.2) is 0 Å². The molecular weight excluding hydrogens is 285 g/mol. The van der Waals surface area contributed by atoms with Crippen LogP contribution in [-0.2, 0) is 10.9 Å². The van der Waals surface area contributed by atoms with Gasteiger partial charge in [0, 0.05) is 28.1 Å². The van der Waals surface area contributed by atoms with Crippen LogP contribution in [0.3, 0.4) is 0 Å². The van der Waals surface area contributed by atoms with Crippen LogP contribution in [0.15, 0.2) is 41.3 Å². The summed E-state index contributed by atoms with van der Waals surface area (Å²) in [7, 11) is -0.817. The molecule has 0 saturated carbocycles. The molecule has 3 rings (SSSR count). The lowest BCUT2D eigenvalue weighted by atomic mass is 10.1. The van der Waals surface area contributed by atoms with Gasteiger partial charge in [-0.1, -0.05) is 18.2 Å². The molecule has 20 heavy (non-hydrogen) atoms. The Balaban J connectivity index is 2.13. The van der Waals surface area contributed by atoms with E-state index >= 15 is 0 Å². The van der Waals surface area contributed by atoms with Gasteiger partial charge in [0.1, 0.15) is 11.5 Å². The van der Waals surface area contributed by atoms with E-state index in [0.29, 0.717) is 17.6 Å². The van der Waals surface area contributed by atoms with Crippen molar-refractivity contribution in [3.05, 3.63) is 36.4 Å². The smallest absolute Gasteiger partial charge is 0.436 e. The summed E-state index contributed by atoms with van der Waals surface area (Å²) in [5.41, 5.74) is 0. The Labute approximate surface area is 117 Å². The van der Waals surface area contributed by atoms with Crippen LogP contribution in [-0.4, -0.2) is 22.3 Å². The summed E-state index contributed by atoms with van der Waals surface area (Å²) >= 11 is 0. The molecule has 2 aromatic rings. The van der Waals surface area contributed by atoms with Crippen molar-refractivity contribution in [2.24, 2.45) is 0 Å². The number of hydrogen-bond acceptors (Lipinski definition) is 1. The molecule has 106 valence electrons. The minimum absolute atomic E-state index is 0.121. The maximum Gasteiger partial charge on any atom is 0.436 e. The molecule has 0 aliphatic carbocycles. The van der Waals surface area contributed by atoms with Crippen molar-refractivity contribution in [1.82, 2.24) is 0 Å². The van der Waals surface area contributed by atoms with E-state index in [2.05, 4.69) is 0 Å². The molecular formula is C15H14F3OS+. The Kier molecular flexibility index (Phi) is 3.32. The number of benzene rings is 2. The van der Waals surface area contributed by atoms with Crippen molar-refractivity contribution in [3.8, 4) is 5.75 Å². The fraction of sp³-hybridized carbons (Fsp3) is 0.333. The zero-order valence-electron chi connectivity index (χ0n) is 10.7. The van der Waals surface area contributed by atoms with E-state index in [1.165, 1.54) is 6.07 Å². The molecule has 0 aromatic heterocycles. The quantitative estimate of drug-likeness (QED) is 0.781. The molecule has 1 fully saturated rings. The first-order chi connectivity index (χ1) is 9.48. The van der Waals surface area contributed by atoms with Crippen LogP contribution in [0.1, 0.15) is 12.8 Å². The van der Waals surface area contributed by atoms with Crippen molar-refractivity contribution in [2.75, 3.05) is 5.75 Å². The summed E-state index contributed by atoms with van der Waals surface area (Å²) in [5.74, 6) is 0.703. The summed E-state index contributed by atoms with van der Waals surface area (Å²) < 4.78 is 39.4. The number of phenolic OH excluding ortho intramolecular Hbond substituents is 1. The monoisotopic (exact) mass is 299 g/mol. The largest absolute Gasteiger partial charge is 0.507 e. The summed E-state index contributed by atoms with van der Waals surface area (Å²) in [6, 6.07) is 10.3. The summed E-state index contributed by atoms with van der Waals surface area (Å²) in [6.07, 6.45) is -3.32. The zero-order chi connectivity index (χ0) is 14.3. The lowest BCUT2D eigenvalue weighted by Crippen LogP contribution is -2.33. The number of aromatic hydroxyl groups is 1. The second kappa shape index (κ2) is 4.88. The SMILES string of the molecule is Oc1ccc([S+]2CCCC2C(F)(F)F)c2ccccc12. The van der Waals surface area contributed by atoms with E-state index < -0.39 is 22.3 Å². The third-order valence-corrected chi connectivity index (χ3v) is 6.52. The topological polar surface area (TPSA) is 20.2 Å². The summed E-state index contributed by atoms with van der Waals surface area (Å²) in [5, 5.41) is 9.98. The molecule has 1 aliphatic heterocycles. The molecule has 5 heteroatoms. The molecule has 1 heterocycles. The van der Waals surface area contributed by atoms with Gasteiger partial charge in [0.25, 0.3) is 0 Å². The van der Waals surface area contributed by atoms with Gasteiger partial charge in [0.05, 0.1) is 0 Å². The fourth-order valence-corrected chi connectivity index (χ4v) is 5.55. The van der Waals surface area contributed by atoms with Gasteiger partial charge in [-0.2, -0.15) is 13.2 Å². The van der Waals surface area contributed by atoms with Crippen LogP contribution in [0.2, 0.25) is 0 Å². The predicted molar refractivity (Wildman–Crippen MR) is 75.2 cm³/mol. The minimum Gasteiger partial charge on any atom is -0.507 e. The van der Waals surface area contributed by atoms with Crippen LogP contribution in [0.5, 0.6) is 5.75 Å². The Bertz CT molecular complexity index is 639. The molecule has 1 nitrogen and oxygen atoms in total. The van der Waals surface area contributed by atoms with E-state index in [0.717, 1.165) is 10.3 Å². The van der Waals surface area contributed by atoms with Gasteiger partial charge in [-0.05, 0) is 24.6 Å². The standard InChI is InChI=1S/C15H13F3OS/c16-15(17,18)14-6-3-9-20(14)13-8-7-12(19)10-4-1-2-5-11(10)13/h1-2,4-5,7-8,14H,3,6,9H2/p+1. The lowest BCUT2D eigenvalue weighted by molar-refractivity contribution is -0.129. The molecule has 0 spiro atoms. The van der Waals surface area contributed by atoms with Crippen LogP contribution in [0.25, 0.3) is 10.8 Å². The highest BCUT2D eigenvalue weighted by Gasteiger charge is 2.55. The van der Waals surface area contributed by atoms with Crippen molar-refractivity contribution >= 4 is 21.7 Å². The highest BCUT2D eigenvalue weighted by atomic mass is 32.2. The molecule has 1 N–H and O–H groups in total. The predicted octanol–water partition coefficient (Wildman–Crippen LogP) is 4.25. The second-order valence-corrected chi connectivity index (χ2v) is 7.21. The average Bonchev–Trinajstić information content (AvgIpc) is 2.89. The normalized spacial score (nSPS) is 23.4. The highest BCUT2D eigenvalue weighted by Crippen LogP contribution is 2.42. The van der Waals surface area contributed by atoms with Crippen LogP contribution < -0.4 is 0 Å². The molecule has 0 amide bonds. The molecule has 0 radical (unpaired) electrons. The third-order valence-electron chi connectivity index (χ3n) is 3.68. The van der Waals surface area contributed by atoms with Crippen molar-refractivity contribution < 1.29 is 18.3 Å². The van der Waals surface area contributed by atoms with Gasteiger partial charge in [0.15, 0.2) is 4.90 Å². The number of alkyl halides is 3. The van der Waals surface area contributed by atoms with Crippen molar-refractivity contribution in [2.45, 2.75) is 29.2 Å². The summed E-state index contributed by atoms with van der Waals surface area (Å²) in [6.45, 7) is 0. The first kappa shape index (κ1) is 13.6. The Morgan fingerprint density at radius 3 is 2.45 bits per heavy atom. The maximum atomic E-state index is 13.1. The van der Waals surface area contributed by atoms with E-state index in [4.69, 9.17) is 0 Å². The number of rotatable bonds is 1. The number of hydrogen-bond donors (Lipinski definition) is 1. The van der Waals surface area contributed by atoms with Gasteiger partial charge in [-0.15, -0.1) is 0 Å². The molecule has 1 saturated heterocycles. The van der Waals surface area contributed by atoms with E-state index in [1.807, 2.05) is 0 Å². The summed E-state index contributed by atoms with van der Waals surface area (Å²) in [4.78, 5) is 0.734. The molecule has 2 aromatic carbocycles. The molecule has 2 atom stereocenters. The van der Waals surface area contributed by atoms with Gasteiger partial charge >= 0.3 is 6.18 Å². The first-order valence-electron chi connectivity index (χ1n) is 6.45. The number of fused-ring (bicyclic) bond motifs is 1. The second-order valence-electron chi connectivity index (χ2n) is 4.93. The maximum absolute atomic E-state index is 13.1. The Morgan fingerprint density at radius 2 is 1.75 bits per heavy atom. The molecule has 2 unspecified atom stereocenters.